The van der Waals surface area contributed by atoms with Gasteiger partial charge in [0.1, 0.15) is 11.0 Å². The van der Waals surface area contributed by atoms with Gasteiger partial charge in [0.15, 0.2) is 5.16 Å². The van der Waals surface area contributed by atoms with Gasteiger partial charge in [-0.05, 0) is 56.0 Å². The molecule has 158 valence electrons. The standard InChI is InChI=1S/C24H24N4O2S/c1-15-11-16(2)13-17(12-15)28-23(30)22-21(18-7-3-4-8-19(18)25-22)26-24(28)31-14-20(29)27-9-5-6-10-27/h3-4,7-8,11-13,25H,5-6,9-10,14H2,1-2H3. The predicted octanol–water partition coefficient (Wildman–Crippen LogP) is 4.20. The number of nitrogens with zero attached hydrogens (tertiary/aromatic N) is 3. The fraction of sp³-hybridized carbons (Fsp3) is 0.292. The first-order valence-electron chi connectivity index (χ1n) is 10.5. The number of carbonyl (C=O) groups is 1. The second-order valence-corrected chi connectivity index (χ2v) is 9.09. The SMILES string of the molecule is Cc1cc(C)cc(-n2c(SCC(=O)N3CCCC3)nc3c([nH]c4ccccc43)c2=O)c1. The Hall–Kier alpha value is -3.06. The van der Waals surface area contributed by atoms with Gasteiger partial charge in [0, 0.05) is 24.0 Å². The molecule has 1 aliphatic rings. The summed E-state index contributed by atoms with van der Waals surface area (Å²) in [4.78, 5) is 36.3. The van der Waals surface area contributed by atoms with Gasteiger partial charge in [-0.3, -0.25) is 14.2 Å². The Labute approximate surface area is 184 Å². The van der Waals surface area contributed by atoms with E-state index >= 15 is 0 Å². The molecule has 3 heterocycles. The van der Waals surface area contributed by atoms with Gasteiger partial charge in [-0.1, -0.05) is 36.0 Å². The lowest BCUT2D eigenvalue weighted by Gasteiger charge is -2.16. The highest BCUT2D eigenvalue weighted by Gasteiger charge is 2.21. The molecule has 0 spiro atoms. The van der Waals surface area contributed by atoms with Crippen molar-refractivity contribution in [3.63, 3.8) is 0 Å². The van der Waals surface area contributed by atoms with E-state index in [9.17, 15) is 9.59 Å². The molecule has 7 heteroatoms. The summed E-state index contributed by atoms with van der Waals surface area (Å²) in [7, 11) is 0. The molecule has 2 aromatic carbocycles. The molecule has 1 fully saturated rings. The Balaban J connectivity index is 1.67. The average Bonchev–Trinajstić information content (AvgIpc) is 3.40. The van der Waals surface area contributed by atoms with Crippen LogP contribution in [0.15, 0.2) is 52.4 Å². The first kappa shape index (κ1) is 19.9. The molecule has 0 atom stereocenters. The third-order valence-electron chi connectivity index (χ3n) is 5.74. The quantitative estimate of drug-likeness (QED) is 0.388. The maximum absolute atomic E-state index is 13.6. The smallest absolute Gasteiger partial charge is 0.283 e. The highest BCUT2D eigenvalue weighted by Crippen LogP contribution is 2.27. The largest absolute Gasteiger partial charge is 0.349 e. The van der Waals surface area contributed by atoms with Crippen molar-refractivity contribution in [2.75, 3.05) is 18.8 Å². The normalized spacial score (nSPS) is 14.1. The van der Waals surface area contributed by atoms with E-state index in [1.54, 1.807) is 4.57 Å². The average molecular weight is 433 g/mol. The van der Waals surface area contributed by atoms with Gasteiger partial charge in [0.05, 0.1) is 11.4 Å². The maximum atomic E-state index is 13.6. The van der Waals surface area contributed by atoms with Crippen molar-refractivity contribution in [2.24, 2.45) is 0 Å². The minimum atomic E-state index is -0.151. The van der Waals surface area contributed by atoms with Crippen LogP contribution < -0.4 is 5.56 Å². The van der Waals surface area contributed by atoms with E-state index in [0.717, 1.165) is 53.6 Å². The maximum Gasteiger partial charge on any atom is 0.283 e. The van der Waals surface area contributed by atoms with E-state index in [1.165, 1.54) is 11.8 Å². The molecule has 1 saturated heterocycles. The third-order valence-corrected chi connectivity index (χ3v) is 6.67. The minimum Gasteiger partial charge on any atom is -0.349 e. The zero-order valence-corrected chi connectivity index (χ0v) is 18.5. The van der Waals surface area contributed by atoms with Crippen molar-refractivity contribution >= 4 is 39.6 Å². The van der Waals surface area contributed by atoms with E-state index < -0.39 is 0 Å². The topological polar surface area (TPSA) is 71.0 Å². The monoisotopic (exact) mass is 432 g/mol. The molecule has 0 aliphatic carbocycles. The van der Waals surface area contributed by atoms with E-state index in [0.29, 0.717) is 16.2 Å². The van der Waals surface area contributed by atoms with Crippen molar-refractivity contribution in [3.05, 3.63) is 63.9 Å². The van der Waals surface area contributed by atoms with Gasteiger partial charge in [-0.15, -0.1) is 0 Å². The summed E-state index contributed by atoms with van der Waals surface area (Å²) in [5, 5.41) is 1.45. The first-order chi connectivity index (χ1) is 15.0. The Bertz CT molecular complexity index is 1350. The Kier molecular flexibility index (Phi) is 5.06. The lowest BCUT2D eigenvalue weighted by atomic mass is 10.1. The number of thioether (sulfide) groups is 1. The second kappa shape index (κ2) is 7.89. The Morgan fingerprint density at radius 2 is 1.81 bits per heavy atom. The summed E-state index contributed by atoms with van der Waals surface area (Å²) in [6, 6.07) is 13.8. The van der Waals surface area contributed by atoms with Gasteiger partial charge >= 0.3 is 0 Å². The summed E-state index contributed by atoms with van der Waals surface area (Å²) in [5.41, 5.74) is 4.77. The lowest BCUT2D eigenvalue weighted by molar-refractivity contribution is -0.127. The molecule has 0 unspecified atom stereocenters. The number of aromatic amines is 1. The number of benzene rings is 2. The summed E-state index contributed by atoms with van der Waals surface area (Å²) in [6.07, 6.45) is 2.12. The number of hydrogen-bond acceptors (Lipinski definition) is 4. The van der Waals surface area contributed by atoms with Crippen LogP contribution in [0.4, 0.5) is 0 Å². The van der Waals surface area contributed by atoms with Crippen molar-refractivity contribution in [3.8, 4) is 5.69 Å². The van der Waals surface area contributed by atoms with Crippen LogP contribution in [0.1, 0.15) is 24.0 Å². The summed E-state index contributed by atoms with van der Waals surface area (Å²) in [5.74, 6) is 0.369. The molecule has 0 saturated carbocycles. The van der Waals surface area contributed by atoms with Crippen LogP contribution in [0.3, 0.4) is 0 Å². The number of hydrogen-bond donors (Lipinski definition) is 1. The van der Waals surface area contributed by atoms with E-state index in [2.05, 4.69) is 11.1 Å². The molecule has 1 N–H and O–H groups in total. The number of aromatic nitrogens is 3. The zero-order valence-electron chi connectivity index (χ0n) is 17.6. The van der Waals surface area contributed by atoms with Gasteiger partial charge < -0.3 is 9.88 Å². The number of carbonyl (C=O) groups excluding carboxylic acids is 1. The van der Waals surface area contributed by atoms with Crippen LogP contribution in [0.5, 0.6) is 0 Å². The highest BCUT2D eigenvalue weighted by molar-refractivity contribution is 7.99. The van der Waals surface area contributed by atoms with Crippen LogP contribution in [0.2, 0.25) is 0 Å². The number of rotatable bonds is 4. The molecule has 2 aromatic heterocycles. The molecule has 4 aromatic rings. The summed E-state index contributed by atoms with van der Waals surface area (Å²) in [6.45, 7) is 5.66. The summed E-state index contributed by atoms with van der Waals surface area (Å²) < 4.78 is 1.64. The molecule has 31 heavy (non-hydrogen) atoms. The van der Waals surface area contributed by atoms with Crippen molar-refractivity contribution in [1.29, 1.82) is 0 Å². The third kappa shape index (κ3) is 3.63. The molecule has 0 bridgehead atoms. The number of nitrogens with one attached hydrogen (secondary N) is 1. The van der Waals surface area contributed by atoms with Crippen LogP contribution in [-0.4, -0.2) is 44.2 Å². The molecular weight excluding hydrogens is 408 g/mol. The molecule has 5 rings (SSSR count). The van der Waals surface area contributed by atoms with Crippen LogP contribution in [0.25, 0.3) is 27.6 Å². The number of aryl methyl sites for hydroxylation is 2. The number of likely N-dealkylation sites (tertiary alicyclic amines) is 1. The van der Waals surface area contributed by atoms with Gasteiger partial charge in [0.2, 0.25) is 5.91 Å². The Morgan fingerprint density at radius 3 is 2.55 bits per heavy atom. The number of para-hydroxylation sites is 1. The zero-order chi connectivity index (χ0) is 21.5. The minimum absolute atomic E-state index is 0.0998. The Morgan fingerprint density at radius 1 is 1.10 bits per heavy atom. The van der Waals surface area contributed by atoms with Gasteiger partial charge in [0.25, 0.3) is 5.56 Å². The summed E-state index contributed by atoms with van der Waals surface area (Å²) >= 11 is 1.34. The van der Waals surface area contributed by atoms with Crippen LogP contribution in [-0.2, 0) is 4.79 Å². The van der Waals surface area contributed by atoms with Crippen molar-refractivity contribution in [2.45, 2.75) is 31.8 Å². The number of amides is 1. The molecule has 1 amide bonds. The fourth-order valence-corrected chi connectivity index (χ4v) is 5.24. The molecule has 1 aliphatic heterocycles. The lowest BCUT2D eigenvalue weighted by Crippen LogP contribution is -2.29. The predicted molar refractivity (Wildman–Crippen MR) is 125 cm³/mol. The van der Waals surface area contributed by atoms with Crippen molar-refractivity contribution in [1.82, 2.24) is 19.4 Å². The number of fused-ring (bicyclic) bond motifs is 3. The van der Waals surface area contributed by atoms with Crippen LogP contribution >= 0.6 is 11.8 Å². The van der Waals surface area contributed by atoms with Gasteiger partial charge in [-0.25, -0.2) is 4.98 Å². The molecule has 0 radical (unpaired) electrons. The molecular formula is C24H24N4O2S. The van der Waals surface area contributed by atoms with Crippen LogP contribution in [0, 0.1) is 13.8 Å². The van der Waals surface area contributed by atoms with Gasteiger partial charge in [-0.2, -0.15) is 0 Å². The van der Waals surface area contributed by atoms with Crippen molar-refractivity contribution < 1.29 is 4.79 Å². The second-order valence-electron chi connectivity index (χ2n) is 8.15. The van der Waals surface area contributed by atoms with E-state index in [4.69, 9.17) is 4.98 Å². The molecule has 6 nitrogen and oxygen atoms in total. The fourth-order valence-electron chi connectivity index (χ4n) is 4.33. The first-order valence-corrected chi connectivity index (χ1v) is 11.5. The number of H-pyrrole nitrogens is 1. The van der Waals surface area contributed by atoms with E-state index in [1.807, 2.05) is 55.1 Å². The van der Waals surface area contributed by atoms with E-state index in [-0.39, 0.29) is 17.2 Å². The highest BCUT2D eigenvalue weighted by atomic mass is 32.2.